The molecule has 4 aromatic carbocycles. The number of benzene rings is 4. The van der Waals surface area contributed by atoms with E-state index in [9.17, 15) is 0 Å². The molecule has 1 aromatic heterocycles. The van der Waals surface area contributed by atoms with E-state index < -0.39 is 0 Å². The summed E-state index contributed by atoms with van der Waals surface area (Å²) in [6, 6.07) is 43.3. The third kappa shape index (κ3) is 4.40. The lowest BCUT2D eigenvalue weighted by molar-refractivity contribution is -0.651. The molecule has 0 aliphatic heterocycles. The number of fused-ring (bicyclic) bond motifs is 1. The normalized spacial score (nSPS) is 11.0. The van der Waals surface area contributed by atoms with E-state index in [0.29, 0.717) is 0 Å². The van der Waals surface area contributed by atoms with Crippen molar-refractivity contribution >= 4 is 22.7 Å². The summed E-state index contributed by atoms with van der Waals surface area (Å²) in [5, 5.41) is 1.30. The molecule has 2 heteroatoms. The summed E-state index contributed by atoms with van der Waals surface area (Å²) in [4.78, 5) is 1.32. The summed E-state index contributed by atoms with van der Waals surface area (Å²) < 4.78 is 2.45. The average Bonchev–Trinajstić information content (AvgIpc) is 2.85. The van der Waals surface area contributed by atoms with E-state index in [-0.39, 0.29) is 0 Å². The Bertz CT molecular complexity index is 1280. The van der Waals surface area contributed by atoms with Crippen molar-refractivity contribution in [3.63, 3.8) is 0 Å². The lowest BCUT2D eigenvalue weighted by Crippen LogP contribution is -2.38. The Hall–Kier alpha value is -3.36. The van der Waals surface area contributed by atoms with E-state index >= 15 is 0 Å². The molecule has 1 nitrogen and oxygen atoms in total. The van der Waals surface area contributed by atoms with Gasteiger partial charge in [0, 0.05) is 33.9 Å². The third-order valence-electron chi connectivity index (χ3n) is 5.51. The van der Waals surface area contributed by atoms with Crippen molar-refractivity contribution in [3.8, 4) is 11.3 Å². The first-order valence-electron chi connectivity index (χ1n) is 10.6. The molecule has 0 fully saturated rings. The van der Waals surface area contributed by atoms with Crippen LogP contribution in [0.4, 0.5) is 0 Å². The van der Waals surface area contributed by atoms with Gasteiger partial charge >= 0.3 is 0 Å². The maximum atomic E-state index is 2.45. The van der Waals surface area contributed by atoms with Gasteiger partial charge in [0.25, 0.3) is 0 Å². The highest BCUT2D eigenvalue weighted by Crippen LogP contribution is 2.32. The number of nitrogens with zero attached hydrogens (tertiary/aromatic N) is 1. The van der Waals surface area contributed by atoms with Gasteiger partial charge in [-0.25, -0.2) is 0 Å². The molecule has 150 valence electrons. The van der Waals surface area contributed by atoms with Crippen LogP contribution >= 0.6 is 11.8 Å². The van der Waals surface area contributed by atoms with Gasteiger partial charge in [0.1, 0.15) is 0 Å². The minimum Gasteiger partial charge on any atom is -0.187 e. The Morgan fingerprint density at radius 3 is 1.87 bits per heavy atom. The molecule has 31 heavy (non-hydrogen) atoms. The number of thioether (sulfide) groups is 1. The highest BCUT2D eigenvalue weighted by Gasteiger charge is 2.21. The van der Waals surface area contributed by atoms with Gasteiger partial charge in [0.2, 0.25) is 11.2 Å². The molecule has 0 saturated heterocycles. The summed E-state index contributed by atoms with van der Waals surface area (Å²) in [5.74, 6) is 0.960. The van der Waals surface area contributed by atoms with Crippen LogP contribution in [0.1, 0.15) is 11.1 Å². The fourth-order valence-corrected chi connectivity index (χ4v) is 5.00. The number of pyridine rings is 1. The zero-order chi connectivity index (χ0) is 20.9. The Balaban J connectivity index is 1.65. The Morgan fingerprint density at radius 1 is 0.581 bits per heavy atom. The number of hydrogen-bond donors (Lipinski definition) is 0. The summed E-state index contributed by atoms with van der Waals surface area (Å²) in [6.07, 6.45) is 0. The van der Waals surface area contributed by atoms with E-state index in [4.69, 9.17) is 0 Å². The number of para-hydroxylation sites is 1. The van der Waals surface area contributed by atoms with Gasteiger partial charge in [-0.3, -0.25) is 0 Å². The van der Waals surface area contributed by atoms with Crippen LogP contribution in [0.3, 0.4) is 0 Å². The van der Waals surface area contributed by atoms with E-state index in [0.717, 1.165) is 12.3 Å². The first-order chi connectivity index (χ1) is 15.4. The van der Waals surface area contributed by atoms with Crippen LogP contribution in [-0.2, 0) is 12.3 Å². The smallest absolute Gasteiger partial charge is 0.187 e. The highest BCUT2D eigenvalue weighted by atomic mass is 32.2. The molecule has 1 heterocycles. The SMILES string of the molecule is c1ccc(CSc2cc(-c3ccccc3)[n+](Cc3ccccc3)c3ccccc23)cc1. The highest BCUT2D eigenvalue weighted by molar-refractivity contribution is 7.98. The van der Waals surface area contributed by atoms with Crippen molar-refractivity contribution in [2.45, 2.75) is 17.2 Å². The van der Waals surface area contributed by atoms with Crippen LogP contribution in [-0.4, -0.2) is 0 Å². The van der Waals surface area contributed by atoms with Crippen LogP contribution in [0, 0.1) is 0 Å². The zero-order valence-electron chi connectivity index (χ0n) is 17.3. The predicted molar refractivity (Wildman–Crippen MR) is 131 cm³/mol. The molecule has 0 aliphatic rings. The molecular weight excluding hydrogens is 394 g/mol. The molecule has 0 spiro atoms. The second-order valence-electron chi connectivity index (χ2n) is 7.62. The maximum Gasteiger partial charge on any atom is 0.214 e. The maximum absolute atomic E-state index is 2.45. The van der Waals surface area contributed by atoms with E-state index in [1.165, 1.54) is 38.2 Å². The van der Waals surface area contributed by atoms with E-state index in [2.05, 4.69) is 126 Å². The molecule has 0 amide bonds. The van der Waals surface area contributed by atoms with Gasteiger partial charge in [-0.15, -0.1) is 11.8 Å². The van der Waals surface area contributed by atoms with E-state index in [1.807, 2.05) is 11.8 Å². The largest absolute Gasteiger partial charge is 0.214 e. The lowest BCUT2D eigenvalue weighted by Gasteiger charge is -2.12. The van der Waals surface area contributed by atoms with Gasteiger partial charge in [-0.2, -0.15) is 4.57 Å². The van der Waals surface area contributed by atoms with Crippen molar-refractivity contribution in [2.24, 2.45) is 0 Å². The van der Waals surface area contributed by atoms with E-state index in [1.54, 1.807) is 0 Å². The topological polar surface area (TPSA) is 3.88 Å². The Labute approximate surface area is 188 Å². The molecule has 0 saturated carbocycles. The number of hydrogen-bond acceptors (Lipinski definition) is 1. The van der Waals surface area contributed by atoms with Crippen molar-refractivity contribution in [3.05, 3.63) is 132 Å². The van der Waals surface area contributed by atoms with Gasteiger partial charge < -0.3 is 0 Å². The fourth-order valence-electron chi connectivity index (χ4n) is 3.97. The molecule has 5 rings (SSSR count). The molecule has 0 aliphatic carbocycles. The first-order valence-corrected chi connectivity index (χ1v) is 11.6. The van der Waals surface area contributed by atoms with Crippen LogP contribution < -0.4 is 4.57 Å². The molecule has 0 unspecified atom stereocenters. The monoisotopic (exact) mass is 418 g/mol. The van der Waals surface area contributed by atoms with Crippen molar-refractivity contribution in [1.82, 2.24) is 0 Å². The van der Waals surface area contributed by atoms with Crippen LogP contribution in [0.2, 0.25) is 0 Å². The van der Waals surface area contributed by atoms with Gasteiger partial charge in [-0.1, -0.05) is 91.0 Å². The van der Waals surface area contributed by atoms with Crippen molar-refractivity contribution in [1.29, 1.82) is 0 Å². The average molecular weight is 419 g/mol. The lowest BCUT2D eigenvalue weighted by atomic mass is 10.1. The van der Waals surface area contributed by atoms with Crippen LogP contribution in [0.25, 0.3) is 22.2 Å². The summed E-state index contributed by atoms with van der Waals surface area (Å²) in [6.45, 7) is 0.842. The molecular formula is C29H24NS+. The third-order valence-corrected chi connectivity index (χ3v) is 6.64. The summed E-state index contributed by atoms with van der Waals surface area (Å²) in [7, 11) is 0. The van der Waals surface area contributed by atoms with Crippen molar-refractivity contribution < 1.29 is 4.57 Å². The standard InChI is InChI=1S/C29H24NS/c1-4-12-23(13-5-1)21-30-27-19-11-10-18-26(27)29(31-22-24-14-6-2-7-15-24)20-28(30)25-16-8-3-9-17-25/h1-20H,21-22H2/q+1. The second-order valence-corrected chi connectivity index (χ2v) is 8.64. The molecule has 5 aromatic rings. The number of aromatic nitrogens is 1. The summed E-state index contributed by atoms with van der Waals surface area (Å²) in [5.41, 5.74) is 6.41. The van der Waals surface area contributed by atoms with Crippen LogP contribution in [0.15, 0.2) is 126 Å². The number of rotatable bonds is 6. The molecule has 0 atom stereocenters. The van der Waals surface area contributed by atoms with Crippen LogP contribution in [0.5, 0.6) is 0 Å². The first kappa shape index (κ1) is 19.6. The zero-order valence-corrected chi connectivity index (χ0v) is 18.1. The molecule has 0 bridgehead atoms. The van der Waals surface area contributed by atoms with Crippen molar-refractivity contribution in [2.75, 3.05) is 0 Å². The molecule has 0 N–H and O–H groups in total. The molecule has 0 radical (unpaired) electrons. The summed E-state index contributed by atoms with van der Waals surface area (Å²) >= 11 is 1.91. The minimum absolute atomic E-state index is 0.842. The fraction of sp³-hybridized carbons (Fsp3) is 0.0690. The Morgan fingerprint density at radius 2 is 1.16 bits per heavy atom. The predicted octanol–water partition coefficient (Wildman–Crippen LogP) is 7.13. The minimum atomic E-state index is 0.842. The quantitative estimate of drug-likeness (QED) is 0.209. The van der Waals surface area contributed by atoms with Gasteiger partial charge in [0.15, 0.2) is 6.54 Å². The van der Waals surface area contributed by atoms with Gasteiger partial charge in [-0.05, 0) is 23.8 Å². The Kier molecular flexibility index (Phi) is 5.81. The van der Waals surface area contributed by atoms with Gasteiger partial charge in [0.05, 0.1) is 5.39 Å². The second kappa shape index (κ2) is 9.20.